The number of amides is 2. The number of carbonyl (C=O) groups is 2. The van der Waals surface area contributed by atoms with Gasteiger partial charge in [-0.1, -0.05) is 19.9 Å². The van der Waals surface area contributed by atoms with Gasteiger partial charge in [0.15, 0.2) is 0 Å². The normalized spacial score (nSPS) is 21.6. The Hall–Kier alpha value is -1.99. The Kier molecular flexibility index (Phi) is 6.35. The molecule has 7 nitrogen and oxygen atoms in total. The molecule has 1 aromatic rings. The topological polar surface area (TPSA) is 66.0 Å². The van der Waals surface area contributed by atoms with Gasteiger partial charge in [0, 0.05) is 26.2 Å². The maximum absolute atomic E-state index is 12.9. The maximum atomic E-state index is 12.9. The van der Waals surface area contributed by atoms with Crippen molar-refractivity contribution in [3.63, 3.8) is 0 Å². The molecule has 1 spiro atoms. The fraction of sp³-hybridized carbons (Fsp3) is 0.667. The number of morpholine rings is 1. The fourth-order valence-corrected chi connectivity index (χ4v) is 3.91. The van der Waals surface area contributed by atoms with Crippen LogP contribution in [0.25, 0.3) is 0 Å². The van der Waals surface area contributed by atoms with Crippen LogP contribution in [0, 0.1) is 5.92 Å². The lowest BCUT2D eigenvalue weighted by atomic mass is 9.90. The van der Waals surface area contributed by atoms with Crippen LogP contribution in [0.3, 0.4) is 0 Å². The predicted octanol–water partition coefficient (Wildman–Crippen LogP) is 1.39. The van der Waals surface area contributed by atoms with E-state index in [0.29, 0.717) is 45.1 Å². The fourth-order valence-electron chi connectivity index (χ4n) is 3.91. The standard InChI is InChI=1S/C21H32N4O3/c1-16(2)8-9-19(26)25-14-21(15-25)13-24(4)18(12-28-21)20(27)23(3)11-17-7-5-6-10-22-17/h5-7,10,16,18H,8-9,11-15H2,1-4H3/t18-/m0/s1. The molecule has 154 valence electrons. The summed E-state index contributed by atoms with van der Waals surface area (Å²) in [7, 11) is 3.76. The Balaban J connectivity index is 1.49. The van der Waals surface area contributed by atoms with Gasteiger partial charge in [0.05, 0.1) is 31.9 Å². The Labute approximate surface area is 167 Å². The third-order valence-electron chi connectivity index (χ3n) is 5.65. The summed E-state index contributed by atoms with van der Waals surface area (Å²) >= 11 is 0. The molecule has 2 saturated heterocycles. The van der Waals surface area contributed by atoms with Gasteiger partial charge in [-0.25, -0.2) is 0 Å². The van der Waals surface area contributed by atoms with E-state index in [4.69, 9.17) is 4.74 Å². The zero-order valence-corrected chi connectivity index (χ0v) is 17.4. The molecule has 3 rings (SSSR count). The number of carbonyl (C=O) groups excluding carboxylic acids is 2. The average Bonchev–Trinajstić information content (AvgIpc) is 2.64. The minimum atomic E-state index is -0.321. The molecule has 0 radical (unpaired) electrons. The molecule has 0 aliphatic carbocycles. The quantitative estimate of drug-likeness (QED) is 0.737. The van der Waals surface area contributed by atoms with Crippen LogP contribution in [0.2, 0.25) is 0 Å². The van der Waals surface area contributed by atoms with Crippen LogP contribution in [0.15, 0.2) is 24.4 Å². The first-order valence-corrected chi connectivity index (χ1v) is 10.1. The van der Waals surface area contributed by atoms with Gasteiger partial charge in [-0.15, -0.1) is 0 Å². The molecule has 2 fully saturated rings. The Morgan fingerprint density at radius 3 is 2.68 bits per heavy atom. The van der Waals surface area contributed by atoms with E-state index in [1.807, 2.05) is 30.1 Å². The molecule has 0 saturated carbocycles. The highest BCUT2D eigenvalue weighted by molar-refractivity contribution is 5.82. The third-order valence-corrected chi connectivity index (χ3v) is 5.65. The van der Waals surface area contributed by atoms with E-state index in [1.54, 1.807) is 18.1 Å². The largest absolute Gasteiger partial charge is 0.368 e. The van der Waals surface area contributed by atoms with Gasteiger partial charge in [-0.05, 0) is 31.5 Å². The van der Waals surface area contributed by atoms with Crippen LogP contribution in [0.5, 0.6) is 0 Å². The lowest BCUT2D eigenvalue weighted by Gasteiger charge is -2.55. The molecule has 2 aliphatic rings. The first-order chi connectivity index (χ1) is 13.3. The zero-order valence-electron chi connectivity index (χ0n) is 17.4. The number of likely N-dealkylation sites (N-methyl/N-ethyl adjacent to an activating group) is 2. The SMILES string of the molecule is CC(C)CCC(=O)N1CC2(C1)CN(C)[C@H](C(=O)N(C)Cc1ccccn1)CO2. The van der Waals surface area contributed by atoms with Gasteiger partial charge >= 0.3 is 0 Å². The van der Waals surface area contributed by atoms with Crippen molar-refractivity contribution in [1.29, 1.82) is 0 Å². The van der Waals surface area contributed by atoms with Crippen molar-refractivity contribution in [2.45, 2.75) is 44.9 Å². The molecule has 0 aromatic carbocycles. The first kappa shape index (κ1) is 20.7. The second-order valence-electron chi connectivity index (χ2n) is 8.62. The summed E-state index contributed by atoms with van der Waals surface area (Å²) in [6.45, 7) is 7.01. The molecule has 1 atom stereocenters. The van der Waals surface area contributed by atoms with Crippen molar-refractivity contribution in [1.82, 2.24) is 19.7 Å². The summed E-state index contributed by atoms with van der Waals surface area (Å²) in [6, 6.07) is 5.40. The van der Waals surface area contributed by atoms with E-state index < -0.39 is 0 Å². The van der Waals surface area contributed by atoms with Crippen LogP contribution in [0.1, 0.15) is 32.4 Å². The molecule has 28 heavy (non-hydrogen) atoms. The predicted molar refractivity (Wildman–Crippen MR) is 106 cm³/mol. The highest BCUT2D eigenvalue weighted by Crippen LogP contribution is 2.31. The summed E-state index contributed by atoms with van der Waals surface area (Å²) in [5.74, 6) is 0.775. The average molecular weight is 389 g/mol. The number of ether oxygens (including phenoxy) is 1. The molecule has 0 unspecified atom stereocenters. The van der Waals surface area contributed by atoms with E-state index in [9.17, 15) is 9.59 Å². The van der Waals surface area contributed by atoms with Crippen molar-refractivity contribution in [3.05, 3.63) is 30.1 Å². The van der Waals surface area contributed by atoms with Crippen molar-refractivity contribution in [3.8, 4) is 0 Å². The minimum absolute atomic E-state index is 0.0344. The number of likely N-dealkylation sites (tertiary alicyclic amines) is 1. The summed E-state index contributed by atoms with van der Waals surface area (Å²) in [5.41, 5.74) is 0.544. The number of pyridine rings is 1. The second-order valence-corrected chi connectivity index (χ2v) is 8.62. The summed E-state index contributed by atoms with van der Waals surface area (Å²) < 4.78 is 6.11. The van der Waals surface area contributed by atoms with E-state index in [-0.39, 0.29) is 23.5 Å². The van der Waals surface area contributed by atoms with Gasteiger partial charge in [0.25, 0.3) is 0 Å². The maximum Gasteiger partial charge on any atom is 0.242 e. The molecule has 3 heterocycles. The number of hydrogen-bond donors (Lipinski definition) is 0. The molecular formula is C21H32N4O3. The molecule has 2 amide bonds. The van der Waals surface area contributed by atoms with Crippen molar-refractivity contribution in [2.75, 3.05) is 40.3 Å². The third kappa shape index (κ3) is 4.70. The molecule has 1 aromatic heterocycles. The van der Waals surface area contributed by atoms with E-state index >= 15 is 0 Å². The van der Waals surface area contributed by atoms with Crippen molar-refractivity contribution < 1.29 is 14.3 Å². The number of rotatable bonds is 6. The molecular weight excluding hydrogens is 356 g/mol. The van der Waals surface area contributed by atoms with Gasteiger partial charge < -0.3 is 14.5 Å². The summed E-state index contributed by atoms with van der Waals surface area (Å²) in [6.07, 6.45) is 3.25. The molecule has 7 heteroatoms. The van der Waals surface area contributed by atoms with Gasteiger partial charge in [-0.3, -0.25) is 19.5 Å². The molecule has 2 aliphatic heterocycles. The van der Waals surface area contributed by atoms with Gasteiger partial charge in [0.2, 0.25) is 11.8 Å². The number of nitrogens with zero attached hydrogens (tertiary/aromatic N) is 4. The molecule has 0 bridgehead atoms. The highest BCUT2D eigenvalue weighted by Gasteiger charge is 2.51. The van der Waals surface area contributed by atoms with Crippen LogP contribution >= 0.6 is 0 Å². The lowest BCUT2D eigenvalue weighted by molar-refractivity contribution is -0.203. The lowest BCUT2D eigenvalue weighted by Crippen LogP contribution is -2.73. The summed E-state index contributed by atoms with van der Waals surface area (Å²) in [4.78, 5) is 35.1. The van der Waals surface area contributed by atoms with Crippen molar-refractivity contribution >= 4 is 11.8 Å². The van der Waals surface area contributed by atoms with E-state index in [2.05, 4.69) is 23.7 Å². The zero-order chi connectivity index (χ0) is 20.3. The van der Waals surface area contributed by atoms with Gasteiger partial charge in [-0.2, -0.15) is 0 Å². The number of hydrogen-bond acceptors (Lipinski definition) is 5. The van der Waals surface area contributed by atoms with Crippen molar-refractivity contribution in [2.24, 2.45) is 5.92 Å². The summed E-state index contributed by atoms with van der Waals surface area (Å²) in [5, 5.41) is 0. The van der Waals surface area contributed by atoms with Crippen LogP contribution in [0.4, 0.5) is 0 Å². The monoisotopic (exact) mass is 388 g/mol. The molecule has 0 N–H and O–H groups in total. The highest BCUT2D eigenvalue weighted by atomic mass is 16.5. The Morgan fingerprint density at radius 2 is 2.07 bits per heavy atom. The van der Waals surface area contributed by atoms with Crippen LogP contribution in [-0.2, 0) is 20.9 Å². The first-order valence-electron chi connectivity index (χ1n) is 10.1. The van der Waals surface area contributed by atoms with Crippen LogP contribution < -0.4 is 0 Å². The Morgan fingerprint density at radius 1 is 1.32 bits per heavy atom. The Bertz CT molecular complexity index is 688. The smallest absolute Gasteiger partial charge is 0.242 e. The van der Waals surface area contributed by atoms with E-state index in [0.717, 1.165) is 12.1 Å². The second kappa shape index (κ2) is 8.57. The van der Waals surface area contributed by atoms with Gasteiger partial charge in [0.1, 0.15) is 11.6 Å². The van der Waals surface area contributed by atoms with Crippen LogP contribution in [-0.4, -0.2) is 83.5 Å². The van der Waals surface area contributed by atoms with E-state index in [1.165, 1.54) is 0 Å². The minimum Gasteiger partial charge on any atom is -0.368 e. The number of aromatic nitrogens is 1.